The van der Waals surface area contributed by atoms with Crippen LogP contribution in [0.3, 0.4) is 0 Å². The second-order valence-electron chi connectivity index (χ2n) is 4.54. The zero-order valence-corrected chi connectivity index (χ0v) is 14.5. The summed E-state index contributed by atoms with van der Waals surface area (Å²) in [4.78, 5) is 0.00260. The van der Waals surface area contributed by atoms with Gasteiger partial charge in [-0.15, -0.1) is 0 Å². The third-order valence-corrected chi connectivity index (χ3v) is 5.07. The highest BCUT2D eigenvalue weighted by Crippen LogP contribution is 2.33. The van der Waals surface area contributed by atoms with Gasteiger partial charge in [0.05, 0.1) is 10.6 Å². The van der Waals surface area contributed by atoms with Crippen molar-refractivity contribution in [2.24, 2.45) is 0 Å². The van der Waals surface area contributed by atoms with Gasteiger partial charge in [0, 0.05) is 9.30 Å². The van der Waals surface area contributed by atoms with Crippen LogP contribution < -0.4 is 0 Å². The lowest BCUT2D eigenvalue weighted by molar-refractivity contribution is -0.137. The van der Waals surface area contributed by atoms with Gasteiger partial charge in [0.2, 0.25) is 0 Å². The zero-order valence-electron chi connectivity index (χ0n) is 10.6. The van der Waals surface area contributed by atoms with Crippen LogP contribution in [0.2, 0.25) is 5.02 Å². The largest absolute Gasteiger partial charge is 0.416 e. The Morgan fingerprint density at radius 2 is 1.67 bits per heavy atom. The maximum Gasteiger partial charge on any atom is 0.416 e. The van der Waals surface area contributed by atoms with Crippen LogP contribution in [0, 0.1) is 0 Å². The van der Waals surface area contributed by atoms with Crippen LogP contribution in [-0.4, -0.2) is 0 Å². The fourth-order valence-electron chi connectivity index (χ4n) is 1.86. The molecule has 0 N–H and O–H groups in total. The predicted molar refractivity (Wildman–Crippen MR) is 86.0 cm³/mol. The molecule has 2 aromatic rings. The monoisotopic (exact) mass is 440 g/mol. The molecule has 21 heavy (non-hydrogen) atoms. The average molecular weight is 443 g/mol. The summed E-state index contributed by atoms with van der Waals surface area (Å²) < 4.78 is 38.3. The maximum absolute atomic E-state index is 12.5. The summed E-state index contributed by atoms with van der Waals surface area (Å²) in [5, 5.41) is 0.619. The highest BCUT2D eigenvalue weighted by atomic mass is 79.9. The standard InChI is InChI=1S/C15H10Br2ClF3/c16-12(10-3-6-14(18)13(17)8-10)7-9-1-4-11(5-2-9)15(19,20)21/h1-6,8,12H,7H2. The Morgan fingerprint density at radius 3 is 2.19 bits per heavy atom. The molecule has 0 saturated carbocycles. The molecule has 0 aromatic heterocycles. The fraction of sp³-hybridized carbons (Fsp3) is 0.200. The summed E-state index contributed by atoms with van der Waals surface area (Å²) in [6, 6.07) is 10.8. The third kappa shape index (κ3) is 4.47. The van der Waals surface area contributed by atoms with Crippen LogP contribution in [-0.2, 0) is 12.6 Å². The zero-order chi connectivity index (χ0) is 15.6. The van der Waals surface area contributed by atoms with Gasteiger partial charge in [0.15, 0.2) is 0 Å². The van der Waals surface area contributed by atoms with Crippen molar-refractivity contribution in [3.63, 3.8) is 0 Å². The third-order valence-electron chi connectivity index (χ3n) is 3.00. The number of benzene rings is 2. The first-order valence-electron chi connectivity index (χ1n) is 6.02. The Kier molecular flexibility index (Phi) is 5.38. The Labute approximate surface area is 142 Å². The molecule has 0 aliphatic carbocycles. The van der Waals surface area contributed by atoms with Gasteiger partial charge in [0.25, 0.3) is 0 Å². The van der Waals surface area contributed by atoms with Gasteiger partial charge >= 0.3 is 6.18 Å². The molecule has 0 radical (unpaired) electrons. The molecule has 0 spiro atoms. The minimum absolute atomic E-state index is 0.00260. The Morgan fingerprint density at radius 1 is 1.05 bits per heavy atom. The van der Waals surface area contributed by atoms with Crippen molar-refractivity contribution in [2.75, 3.05) is 0 Å². The van der Waals surface area contributed by atoms with E-state index < -0.39 is 11.7 Å². The molecule has 6 heteroatoms. The summed E-state index contributed by atoms with van der Waals surface area (Å²) in [5.41, 5.74) is 1.20. The molecule has 2 rings (SSSR count). The summed E-state index contributed by atoms with van der Waals surface area (Å²) in [5.74, 6) is 0. The second kappa shape index (κ2) is 6.71. The van der Waals surface area contributed by atoms with E-state index in [-0.39, 0.29) is 4.83 Å². The van der Waals surface area contributed by atoms with Crippen LogP contribution >= 0.6 is 43.5 Å². The molecule has 1 unspecified atom stereocenters. The first-order valence-corrected chi connectivity index (χ1v) is 8.11. The van der Waals surface area contributed by atoms with Crippen molar-refractivity contribution in [1.29, 1.82) is 0 Å². The lowest BCUT2D eigenvalue weighted by Crippen LogP contribution is -2.05. The molecule has 0 amide bonds. The van der Waals surface area contributed by atoms with Crippen molar-refractivity contribution < 1.29 is 13.2 Å². The average Bonchev–Trinajstić information content (AvgIpc) is 2.41. The first-order chi connectivity index (χ1) is 9.77. The molecule has 0 fully saturated rings. The summed E-state index contributed by atoms with van der Waals surface area (Å²) in [7, 11) is 0. The summed E-state index contributed by atoms with van der Waals surface area (Å²) in [6.45, 7) is 0. The van der Waals surface area contributed by atoms with Gasteiger partial charge in [-0.05, 0) is 57.7 Å². The van der Waals surface area contributed by atoms with E-state index in [9.17, 15) is 13.2 Å². The van der Waals surface area contributed by atoms with Crippen molar-refractivity contribution in [3.8, 4) is 0 Å². The molecule has 0 nitrogen and oxygen atoms in total. The Balaban J connectivity index is 2.12. The topological polar surface area (TPSA) is 0 Å². The normalized spacial score (nSPS) is 13.2. The lowest BCUT2D eigenvalue weighted by atomic mass is 10.0. The smallest absolute Gasteiger partial charge is 0.166 e. The molecule has 0 heterocycles. The van der Waals surface area contributed by atoms with E-state index >= 15 is 0 Å². The van der Waals surface area contributed by atoms with E-state index in [0.717, 1.165) is 27.7 Å². The maximum atomic E-state index is 12.5. The summed E-state index contributed by atoms with van der Waals surface area (Å²) in [6.07, 6.45) is -3.71. The molecule has 0 bridgehead atoms. The molecule has 1 atom stereocenters. The Hall–Kier alpha value is -0.520. The molecule has 112 valence electrons. The van der Waals surface area contributed by atoms with Gasteiger partial charge in [0.1, 0.15) is 0 Å². The highest BCUT2D eigenvalue weighted by molar-refractivity contribution is 9.10. The van der Waals surface area contributed by atoms with Crippen LogP contribution in [0.4, 0.5) is 13.2 Å². The van der Waals surface area contributed by atoms with Gasteiger partial charge in [-0.3, -0.25) is 0 Å². The number of halogens is 6. The number of alkyl halides is 4. The van der Waals surface area contributed by atoms with Crippen molar-refractivity contribution in [3.05, 3.63) is 68.7 Å². The van der Waals surface area contributed by atoms with Crippen LogP contribution in [0.5, 0.6) is 0 Å². The molecular weight excluding hydrogens is 432 g/mol. The van der Waals surface area contributed by atoms with Crippen molar-refractivity contribution in [2.45, 2.75) is 17.4 Å². The van der Waals surface area contributed by atoms with Gasteiger partial charge in [-0.2, -0.15) is 13.2 Å². The number of rotatable bonds is 3. The van der Waals surface area contributed by atoms with Crippen molar-refractivity contribution >= 4 is 43.5 Å². The van der Waals surface area contributed by atoms with E-state index in [1.807, 2.05) is 12.1 Å². The second-order valence-corrected chi connectivity index (χ2v) is 6.91. The first kappa shape index (κ1) is 16.8. The molecule has 0 aliphatic heterocycles. The molecular formula is C15H10Br2ClF3. The van der Waals surface area contributed by atoms with Crippen molar-refractivity contribution in [1.82, 2.24) is 0 Å². The minimum Gasteiger partial charge on any atom is -0.166 e. The molecule has 0 aliphatic rings. The highest BCUT2D eigenvalue weighted by Gasteiger charge is 2.29. The van der Waals surface area contributed by atoms with E-state index in [0.29, 0.717) is 11.4 Å². The van der Waals surface area contributed by atoms with Gasteiger partial charge in [-0.25, -0.2) is 0 Å². The molecule has 2 aromatic carbocycles. The van der Waals surface area contributed by atoms with Crippen LogP contribution in [0.25, 0.3) is 0 Å². The van der Waals surface area contributed by atoms with E-state index in [2.05, 4.69) is 31.9 Å². The molecule has 0 saturated heterocycles. The summed E-state index contributed by atoms with van der Waals surface area (Å²) >= 11 is 12.8. The number of hydrogen-bond acceptors (Lipinski definition) is 0. The minimum atomic E-state index is -4.30. The quantitative estimate of drug-likeness (QED) is 0.459. The van der Waals surface area contributed by atoms with Gasteiger partial charge < -0.3 is 0 Å². The van der Waals surface area contributed by atoms with Crippen LogP contribution in [0.15, 0.2) is 46.9 Å². The predicted octanol–water partition coefficient (Wildman–Crippen LogP) is 6.80. The van der Waals surface area contributed by atoms with Crippen LogP contribution in [0.1, 0.15) is 21.5 Å². The number of hydrogen-bond donors (Lipinski definition) is 0. The van der Waals surface area contributed by atoms with E-state index in [1.54, 1.807) is 6.07 Å². The fourth-order valence-corrected chi connectivity index (χ4v) is 3.03. The SMILES string of the molecule is FC(F)(F)c1ccc(CC(Br)c2ccc(Cl)c(Br)c2)cc1. The van der Waals surface area contributed by atoms with E-state index in [1.165, 1.54) is 12.1 Å². The Bertz CT molecular complexity index is 624. The van der Waals surface area contributed by atoms with Gasteiger partial charge in [-0.1, -0.05) is 45.7 Å². The van der Waals surface area contributed by atoms with E-state index in [4.69, 9.17) is 11.6 Å². The lowest BCUT2D eigenvalue weighted by Gasteiger charge is -2.12.